The molecule has 136 valence electrons. The van der Waals surface area contributed by atoms with Crippen molar-refractivity contribution in [2.75, 3.05) is 37.7 Å². The lowest BCUT2D eigenvalue weighted by molar-refractivity contribution is -0.126. The summed E-state index contributed by atoms with van der Waals surface area (Å²) in [6, 6.07) is 9.91. The second-order valence-corrected chi connectivity index (χ2v) is 6.03. The highest BCUT2D eigenvalue weighted by Gasteiger charge is 2.20. The lowest BCUT2D eigenvalue weighted by Crippen LogP contribution is -2.48. The van der Waals surface area contributed by atoms with Crippen LogP contribution in [0.5, 0.6) is 5.75 Å². The third-order valence-electron chi connectivity index (χ3n) is 4.34. The molecule has 0 aliphatic carbocycles. The molecule has 0 spiro atoms. The maximum absolute atomic E-state index is 11.9. The van der Waals surface area contributed by atoms with Crippen LogP contribution in [0, 0.1) is 0 Å². The van der Waals surface area contributed by atoms with E-state index in [0.717, 1.165) is 35.9 Å². The van der Waals surface area contributed by atoms with Crippen LogP contribution < -0.4 is 9.64 Å². The van der Waals surface area contributed by atoms with Crippen LogP contribution in [0.15, 0.2) is 48.8 Å². The number of anilines is 1. The van der Waals surface area contributed by atoms with Crippen molar-refractivity contribution in [1.29, 1.82) is 0 Å². The summed E-state index contributed by atoms with van der Waals surface area (Å²) >= 11 is 0. The average Bonchev–Trinajstić information content (AvgIpc) is 2.69. The molecule has 0 unspecified atom stereocenters. The summed E-state index contributed by atoms with van der Waals surface area (Å²) in [6.45, 7) is 7.41. The molecule has 0 bridgehead atoms. The van der Waals surface area contributed by atoms with Crippen LogP contribution in [0.1, 0.15) is 13.8 Å². The van der Waals surface area contributed by atoms with Gasteiger partial charge in [0.25, 0.3) is 0 Å². The Balaban J connectivity index is 1.69. The smallest absolute Gasteiger partial charge is 0.246 e. The molecule has 2 heterocycles. The Kier molecular flexibility index (Phi) is 5.84. The van der Waals surface area contributed by atoms with Crippen molar-refractivity contribution in [3.05, 3.63) is 48.8 Å². The minimum atomic E-state index is 0.0740. The van der Waals surface area contributed by atoms with Gasteiger partial charge in [0, 0.05) is 37.8 Å². The summed E-state index contributed by atoms with van der Waals surface area (Å²) in [6.07, 6.45) is 4.99. The summed E-state index contributed by atoms with van der Waals surface area (Å²) in [5.74, 6) is 1.82. The number of hydrogen-bond acceptors (Lipinski definition) is 5. The number of carbonyl (C=O) groups excluding carboxylic acids is 1. The van der Waals surface area contributed by atoms with E-state index in [1.165, 1.54) is 0 Å². The van der Waals surface area contributed by atoms with Crippen molar-refractivity contribution >= 4 is 11.7 Å². The number of aromatic nitrogens is 2. The van der Waals surface area contributed by atoms with Gasteiger partial charge in [-0.2, -0.15) is 0 Å². The number of nitrogens with zero attached hydrogens (tertiary/aromatic N) is 4. The van der Waals surface area contributed by atoms with E-state index in [2.05, 4.69) is 14.9 Å². The largest absolute Gasteiger partial charge is 0.494 e. The standard InChI is InChI=1S/C20H24N4O2/c1-3-5-20(25)24-12-10-23(11-13-24)19-14-18(21-15-22-19)16-6-8-17(9-7-16)26-4-2/h3,5-9,14-15H,4,10-13H2,1-2H3/b5-3-. The van der Waals surface area contributed by atoms with Gasteiger partial charge in [-0.1, -0.05) is 6.08 Å². The Morgan fingerprint density at radius 2 is 1.88 bits per heavy atom. The van der Waals surface area contributed by atoms with Crippen LogP contribution in [-0.4, -0.2) is 53.6 Å². The second kappa shape index (κ2) is 8.47. The highest BCUT2D eigenvalue weighted by molar-refractivity contribution is 5.87. The zero-order valence-corrected chi connectivity index (χ0v) is 15.3. The summed E-state index contributed by atoms with van der Waals surface area (Å²) in [7, 11) is 0. The van der Waals surface area contributed by atoms with Crippen LogP contribution in [-0.2, 0) is 4.79 Å². The third kappa shape index (κ3) is 4.20. The fourth-order valence-electron chi connectivity index (χ4n) is 2.97. The van der Waals surface area contributed by atoms with Gasteiger partial charge >= 0.3 is 0 Å². The predicted octanol–water partition coefficient (Wildman–Crippen LogP) is 2.77. The van der Waals surface area contributed by atoms with Crippen molar-refractivity contribution in [3.63, 3.8) is 0 Å². The molecule has 1 aliphatic heterocycles. The van der Waals surface area contributed by atoms with Gasteiger partial charge in [-0.05, 0) is 44.2 Å². The highest BCUT2D eigenvalue weighted by Crippen LogP contribution is 2.24. The molecule has 2 aromatic rings. The van der Waals surface area contributed by atoms with Crippen molar-refractivity contribution in [2.24, 2.45) is 0 Å². The first-order valence-corrected chi connectivity index (χ1v) is 8.93. The summed E-state index contributed by atoms with van der Waals surface area (Å²) in [5.41, 5.74) is 1.91. The van der Waals surface area contributed by atoms with Gasteiger partial charge in [0.05, 0.1) is 12.3 Å². The van der Waals surface area contributed by atoms with Gasteiger partial charge in [-0.3, -0.25) is 4.79 Å². The van der Waals surface area contributed by atoms with E-state index in [1.807, 2.05) is 49.1 Å². The minimum absolute atomic E-state index is 0.0740. The molecule has 1 aromatic heterocycles. The normalized spacial score (nSPS) is 14.7. The molecule has 0 saturated carbocycles. The molecule has 26 heavy (non-hydrogen) atoms. The first-order chi connectivity index (χ1) is 12.7. The van der Waals surface area contributed by atoms with Gasteiger partial charge in [0.1, 0.15) is 17.9 Å². The summed E-state index contributed by atoms with van der Waals surface area (Å²) < 4.78 is 5.48. The van der Waals surface area contributed by atoms with Crippen molar-refractivity contribution in [1.82, 2.24) is 14.9 Å². The number of benzene rings is 1. The molecule has 1 aliphatic rings. The molecule has 3 rings (SSSR count). The molecule has 1 aromatic carbocycles. The maximum Gasteiger partial charge on any atom is 0.246 e. The van der Waals surface area contributed by atoms with Gasteiger partial charge in [0.2, 0.25) is 5.91 Å². The van der Waals surface area contributed by atoms with E-state index in [0.29, 0.717) is 19.7 Å². The Morgan fingerprint density at radius 1 is 1.15 bits per heavy atom. The van der Waals surface area contributed by atoms with E-state index < -0.39 is 0 Å². The van der Waals surface area contributed by atoms with Crippen LogP contribution in [0.25, 0.3) is 11.3 Å². The van der Waals surface area contributed by atoms with Crippen LogP contribution >= 0.6 is 0 Å². The van der Waals surface area contributed by atoms with Gasteiger partial charge in [-0.25, -0.2) is 9.97 Å². The Bertz CT molecular complexity index is 766. The molecule has 0 atom stereocenters. The van der Waals surface area contributed by atoms with Crippen molar-refractivity contribution in [3.8, 4) is 17.0 Å². The van der Waals surface area contributed by atoms with E-state index >= 15 is 0 Å². The molecule has 1 fully saturated rings. The van der Waals surface area contributed by atoms with E-state index in [1.54, 1.807) is 18.5 Å². The fourth-order valence-corrected chi connectivity index (χ4v) is 2.97. The Morgan fingerprint density at radius 3 is 2.54 bits per heavy atom. The van der Waals surface area contributed by atoms with Crippen molar-refractivity contribution < 1.29 is 9.53 Å². The molecule has 1 amide bonds. The van der Waals surface area contributed by atoms with Crippen LogP contribution in [0.3, 0.4) is 0 Å². The van der Waals surface area contributed by atoms with Crippen LogP contribution in [0.4, 0.5) is 5.82 Å². The minimum Gasteiger partial charge on any atom is -0.494 e. The third-order valence-corrected chi connectivity index (χ3v) is 4.34. The van der Waals surface area contributed by atoms with Gasteiger partial charge in [-0.15, -0.1) is 0 Å². The maximum atomic E-state index is 11.9. The fraction of sp³-hybridized carbons (Fsp3) is 0.350. The summed E-state index contributed by atoms with van der Waals surface area (Å²) in [4.78, 5) is 24.8. The molecule has 6 heteroatoms. The highest BCUT2D eigenvalue weighted by atomic mass is 16.5. The number of ether oxygens (including phenoxy) is 1. The van der Waals surface area contributed by atoms with E-state index in [4.69, 9.17) is 4.74 Å². The van der Waals surface area contributed by atoms with Gasteiger partial charge < -0.3 is 14.5 Å². The Labute approximate surface area is 154 Å². The number of carbonyl (C=O) groups is 1. The number of allylic oxidation sites excluding steroid dienone is 1. The first kappa shape index (κ1) is 17.9. The molecule has 0 radical (unpaired) electrons. The molecule has 0 N–H and O–H groups in total. The first-order valence-electron chi connectivity index (χ1n) is 8.93. The number of piperazine rings is 1. The number of hydrogen-bond donors (Lipinski definition) is 0. The molecular formula is C20H24N4O2. The molecule has 6 nitrogen and oxygen atoms in total. The second-order valence-electron chi connectivity index (χ2n) is 6.03. The average molecular weight is 352 g/mol. The van der Waals surface area contributed by atoms with E-state index in [9.17, 15) is 4.79 Å². The van der Waals surface area contributed by atoms with E-state index in [-0.39, 0.29) is 5.91 Å². The van der Waals surface area contributed by atoms with Crippen LogP contribution in [0.2, 0.25) is 0 Å². The number of amides is 1. The SMILES string of the molecule is C/C=C\C(=O)N1CCN(c2cc(-c3ccc(OCC)cc3)ncn2)CC1. The molecule has 1 saturated heterocycles. The lowest BCUT2D eigenvalue weighted by atomic mass is 10.1. The predicted molar refractivity (Wildman–Crippen MR) is 102 cm³/mol. The zero-order valence-electron chi connectivity index (χ0n) is 15.3. The summed E-state index contributed by atoms with van der Waals surface area (Å²) in [5, 5.41) is 0. The Hall–Kier alpha value is -2.89. The lowest BCUT2D eigenvalue weighted by Gasteiger charge is -2.35. The van der Waals surface area contributed by atoms with Crippen molar-refractivity contribution in [2.45, 2.75) is 13.8 Å². The quantitative estimate of drug-likeness (QED) is 0.775. The molecular weight excluding hydrogens is 328 g/mol. The monoisotopic (exact) mass is 352 g/mol. The topological polar surface area (TPSA) is 58.6 Å². The zero-order chi connectivity index (χ0) is 18.4. The number of rotatable bonds is 5. The van der Waals surface area contributed by atoms with Gasteiger partial charge in [0.15, 0.2) is 0 Å².